The molecule has 1 aromatic carbocycles. The number of anilines is 1. The van der Waals surface area contributed by atoms with E-state index in [0.717, 1.165) is 5.56 Å². The Morgan fingerprint density at radius 3 is 2.43 bits per heavy atom. The van der Waals surface area contributed by atoms with E-state index >= 15 is 0 Å². The lowest BCUT2D eigenvalue weighted by Crippen LogP contribution is -2.31. The number of benzene rings is 1. The van der Waals surface area contributed by atoms with Crippen molar-refractivity contribution in [2.75, 3.05) is 5.32 Å². The van der Waals surface area contributed by atoms with Gasteiger partial charge in [0.25, 0.3) is 0 Å². The summed E-state index contributed by atoms with van der Waals surface area (Å²) in [5, 5.41) is 4.59. The van der Waals surface area contributed by atoms with Crippen LogP contribution >= 0.6 is 0 Å². The molecular formula is C15H13F4N3O. The van der Waals surface area contributed by atoms with Crippen LogP contribution in [0.2, 0.25) is 0 Å². The van der Waals surface area contributed by atoms with Crippen LogP contribution in [0.15, 0.2) is 42.7 Å². The number of urea groups is 1. The first-order valence-corrected chi connectivity index (χ1v) is 6.61. The van der Waals surface area contributed by atoms with Gasteiger partial charge in [-0.25, -0.2) is 9.18 Å². The van der Waals surface area contributed by atoms with Crippen molar-refractivity contribution in [1.29, 1.82) is 0 Å². The van der Waals surface area contributed by atoms with Gasteiger partial charge in [0.1, 0.15) is 5.82 Å². The van der Waals surface area contributed by atoms with Crippen LogP contribution in [0.25, 0.3) is 0 Å². The highest BCUT2D eigenvalue weighted by atomic mass is 19.4. The van der Waals surface area contributed by atoms with Gasteiger partial charge in [0.05, 0.1) is 17.3 Å². The molecule has 2 aromatic rings. The lowest BCUT2D eigenvalue weighted by atomic mass is 10.1. The normalized spacial score (nSPS) is 12.6. The lowest BCUT2D eigenvalue weighted by Gasteiger charge is -2.16. The van der Waals surface area contributed by atoms with Crippen molar-refractivity contribution >= 4 is 11.7 Å². The molecule has 0 aliphatic rings. The van der Waals surface area contributed by atoms with Gasteiger partial charge in [0, 0.05) is 12.4 Å². The van der Waals surface area contributed by atoms with E-state index in [1.54, 1.807) is 19.1 Å². The fourth-order valence-corrected chi connectivity index (χ4v) is 1.89. The predicted octanol–water partition coefficient (Wildman–Crippen LogP) is 4.12. The number of nitrogens with one attached hydrogen (secondary N) is 2. The highest BCUT2D eigenvalue weighted by molar-refractivity contribution is 5.89. The highest BCUT2D eigenvalue weighted by Gasteiger charge is 2.31. The molecule has 2 rings (SSSR count). The topological polar surface area (TPSA) is 54.0 Å². The minimum absolute atomic E-state index is 0.424. The Morgan fingerprint density at radius 2 is 1.83 bits per heavy atom. The van der Waals surface area contributed by atoms with Crippen molar-refractivity contribution in [3.63, 3.8) is 0 Å². The molecule has 4 nitrogen and oxygen atoms in total. The van der Waals surface area contributed by atoms with Crippen molar-refractivity contribution in [2.24, 2.45) is 0 Å². The van der Waals surface area contributed by atoms with Gasteiger partial charge in [0.2, 0.25) is 0 Å². The smallest absolute Gasteiger partial charge is 0.331 e. The molecule has 8 heteroatoms. The predicted molar refractivity (Wildman–Crippen MR) is 76.2 cm³/mol. The van der Waals surface area contributed by atoms with Crippen molar-refractivity contribution < 1.29 is 22.4 Å². The van der Waals surface area contributed by atoms with Crippen LogP contribution in [-0.2, 0) is 6.18 Å². The number of hydrogen-bond acceptors (Lipinski definition) is 2. The molecule has 1 aromatic heterocycles. The molecule has 1 heterocycles. The van der Waals surface area contributed by atoms with Crippen LogP contribution in [0.1, 0.15) is 24.1 Å². The summed E-state index contributed by atoms with van der Waals surface area (Å²) in [6, 6.07) is 3.93. The Bertz CT molecular complexity index is 689. The second-order valence-electron chi connectivity index (χ2n) is 4.79. The van der Waals surface area contributed by atoms with Gasteiger partial charge >= 0.3 is 12.2 Å². The van der Waals surface area contributed by atoms with E-state index in [2.05, 4.69) is 15.6 Å². The maximum absolute atomic E-state index is 13.6. The number of amides is 2. The average Bonchev–Trinajstić information content (AvgIpc) is 2.49. The first kappa shape index (κ1) is 16.7. The van der Waals surface area contributed by atoms with E-state index < -0.39 is 35.3 Å². The molecule has 1 atom stereocenters. The number of nitrogens with zero attached hydrogens (tertiary/aromatic N) is 1. The fourth-order valence-electron chi connectivity index (χ4n) is 1.89. The fraction of sp³-hybridized carbons (Fsp3) is 0.200. The van der Waals surface area contributed by atoms with E-state index in [1.807, 2.05) is 0 Å². The van der Waals surface area contributed by atoms with Gasteiger partial charge in [-0.2, -0.15) is 13.2 Å². The number of hydrogen-bond donors (Lipinski definition) is 2. The Labute approximate surface area is 129 Å². The Morgan fingerprint density at radius 1 is 1.17 bits per heavy atom. The summed E-state index contributed by atoms with van der Waals surface area (Å²) < 4.78 is 51.4. The molecule has 0 aliphatic heterocycles. The van der Waals surface area contributed by atoms with Gasteiger partial charge in [-0.3, -0.25) is 4.98 Å². The zero-order valence-corrected chi connectivity index (χ0v) is 12.0. The first-order chi connectivity index (χ1) is 10.8. The van der Waals surface area contributed by atoms with Crippen molar-refractivity contribution in [2.45, 2.75) is 19.1 Å². The van der Waals surface area contributed by atoms with Gasteiger partial charge in [-0.15, -0.1) is 0 Å². The number of rotatable bonds is 3. The molecule has 0 radical (unpaired) electrons. The summed E-state index contributed by atoms with van der Waals surface area (Å²) in [5.41, 5.74) is -0.838. The molecule has 2 N–H and O–H groups in total. The molecule has 0 unspecified atom stereocenters. The quantitative estimate of drug-likeness (QED) is 0.833. The van der Waals surface area contributed by atoms with Crippen LogP contribution in [-0.4, -0.2) is 11.0 Å². The summed E-state index contributed by atoms with van der Waals surface area (Å²) in [7, 11) is 0. The molecule has 0 saturated carbocycles. The van der Waals surface area contributed by atoms with Gasteiger partial charge < -0.3 is 10.6 Å². The third kappa shape index (κ3) is 4.41. The van der Waals surface area contributed by atoms with Crippen LogP contribution in [0.3, 0.4) is 0 Å². The maximum atomic E-state index is 13.6. The number of pyridine rings is 1. The molecule has 0 bridgehead atoms. The van der Waals surface area contributed by atoms with Gasteiger partial charge in [0.15, 0.2) is 0 Å². The number of carbonyl (C=O) groups is 1. The van der Waals surface area contributed by atoms with Crippen molar-refractivity contribution in [3.05, 3.63) is 59.7 Å². The molecule has 0 fully saturated rings. The highest BCUT2D eigenvalue weighted by Crippen LogP contribution is 2.31. The Kier molecular flexibility index (Phi) is 4.83. The van der Waals surface area contributed by atoms with Crippen molar-refractivity contribution in [3.8, 4) is 0 Å². The van der Waals surface area contributed by atoms with Gasteiger partial charge in [-0.05, 0) is 42.8 Å². The number of alkyl halides is 3. The average molecular weight is 327 g/mol. The number of halogens is 4. The summed E-state index contributed by atoms with van der Waals surface area (Å²) in [6.45, 7) is 1.68. The van der Waals surface area contributed by atoms with Crippen LogP contribution < -0.4 is 10.6 Å². The van der Waals surface area contributed by atoms with E-state index in [0.29, 0.717) is 18.2 Å². The summed E-state index contributed by atoms with van der Waals surface area (Å²) in [6.07, 6.45) is -1.54. The first-order valence-electron chi connectivity index (χ1n) is 6.61. The minimum Gasteiger partial charge on any atom is -0.331 e. The maximum Gasteiger partial charge on any atom is 0.416 e. The molecule has 122 valence electrons. The van der Waals surface area contributed by atoms with Crippen LogP contribution in [0.5, 0.6) is 0 Å². The van der Waals surface area contributed by atoms with E-state index in [4.69, 9.17) is 0 Å². The van der Waals surface area contributed by atoms with E-state index in [9.17, 15) is 22.4 Å². The molecule has 23 heavy (non-hydrogen) atoms. The number of carbonyl (C=O) groups excluding carboxylic acids is 1. The third-order valence-corrected chi connectivity index (χ3v) is 3.10. The SMILES string of the molecule is C[C@@H](NC(=O)Nc1cc(C(F)(F)F)ccc1F)c1ccncc1. The third-order valence-electron chi connectivity index (χ3n) is 3.10. The summed E-state index contributed by atoms with van der Waals surface area (Å²) >= 11 is 0. The Balaban J connectivity index is 2.08. The molecule has 0 saturated heterocycles. The van der Waals surface area contributed by atoms with Gasteiger partial charge in [-0.1, -0.05) is 0 Å². The summed E-state index contributed by atoms with van der Waals surface area (Å²) in [5.74, 6) is -0.954. The zero-order chi connectivity index (χ0) is 17.0. The van der Waals surface area contributed by atoms with Crippen LogP contribution in [0.4, 0.5) is 28.0 Å². The van der Waals surface area contributed by atoms with E-state index in [-0.39, 0.29) is 0 Å². The zero-order valence-electron chi connectivity index (χ0n) is 12.0. The van der Waals surface area contributed by atoms with Crippen LogP contribution in [0, 0.1) is 5.82 Å². The second-order valence-corrected chi connectivity index (χ2v) is 4.79. The largest absolute Gasteiger partial charge is 0.416 e. The monoisotopic (exact) mass is 327 g/mol. The number of aromatic nitrogens is 1. The molecule has 0 aliphatic carbocycles. The molecule has 2 amide bonds. The molecular weight excluding hydrogens is 314 g/mol. The van der Waals surface area contributed by atoms with Crippen molar-refractivity contribution in [1.82, 2.24) is 10.3 Å². The molecule has 0 spiro atoms. The van der Waals surface area contributed by atoms with E-state index in [1.165, 1.54) is 12.4 Å². The minimum atomic E-state index is -4.62. The standard InChI is InChI=1S/C15H13F4N3O/c1-9(10-4-6-20-7-5-10)21-14(23)22-13-8-11(15(17,18)19)2-3-12(13)16/h2-9H,1H3,(H2,21,22,23)/t9-/m1/s1. The lowest BCUT2D eigenvalue weighted by molar-refractivity contribution is -0.137. The Hall–Kier alpha value is -2.64. The second kappa shape index (κ2) is 6.64. The summed E-state index contributed by atoms with van der Waals surface area (Å²) in [4.78, 5) is 15.7.